The van der Waals surface area contributed by atoms with Crippen molar-refractivity contribution in [2.75, 3.05) is 26.3 Å². The molecule has 1 aliphatic carbocycles. The fourth-order valence-corrected chi connectivity index (χ4v) is 3.17. The molecule has 2 N–H and O–H groups in total. The second-order valence-electron chi connectivity index (χ2n) is 6.19. The molecule has 1 aromatic rings. The maximum Gasteiger partial charge on any atom is 0.191 e. The van der Waals surface area contributed by atoms with Gasteiger partial charge in [0.25, 0.3) is 0 Å². The molecule has 2 rings (SSSR count). The van der Waals surface area contributed by atoms with Crippen LogP contribution in [0.15, 0.2) is 21.8 Å². The molecule has 6 heteroatoms. The Labute approximate surface area is 139 Å². The third-order valence-electron chi connectivity index (χ3n) is 4.51. The van der Waals surface area contributed by atoms with Gasteiger partial charge < -0.3 is 19.9 Å². The van der Waals surface area contributed by atoms with Crippen LogP contribution in [0.25, 0.3) is 0 Å². The molecule has 0 atom stereocenters. The van der Waals surface area contributed by atoms with E-state index in [0.717, 1.165) is 44.4 Å². The lowest BCUT2D eigenvalue weighted by atomic mass is 9.83. The van der Waals surface area contributed by atoms with Crippen molar-refractivity contribution in [3.63, 3.8) is 0 Å². The van der Waals surface area contributed by atoms with E-state index >= 15 is 0 Å². The highest BCUT2D eigenvalue weighted by molar-refractivity contribution is 5.79. The van der Waals surface area contributed by atoms with E-state index < -0.39 is 0 Å². The van der Waals surface area contributed by atoms with Gasteiger partial charge in [-0.3, -0.25) is 0 Å². The van der Waals surface area contributed by atoms with Gasteiger partial charge in [0.05, 0.1) is 6.54 Å². The van der Waals surface area contributed by atoms with Gasteiger partial charge in [-0.1, -0.05) is 18.0 Å². The van der Waals surface area contributed by atoms with Crippen molar-refractivity contribution < 1.29 is 9.26 Å². The number of hydrogen-bond acceptors (Lipinski definition) is 4. The third kappa shape index (κ3) is 5.86. The van der Waals surface area contributed by atoms with Gasteiger partial charge in [-0.15, -0.1) is 0 Å². The second-order valence-corrected chi connectivity index (χ2v) is 6.19. The average molecular weight is 322 g/mol. The van der Waals surface area contributed by atoms with Crippen LogP contribution in [-0.4, -0.2) is 37.4 Å². The van der Waals surface area contributed by atoms with Gasteiger partial charge in [-0.2, -0.15) is 0 Å². The van der Waals surface area contributed by atoms with E-state index in [2.05, 4.69) is 34.6 Å². The number of aliphatic imine (C=N–C) groups is 1. The second kappa shape index (κ2) is 9.55. The molecular weight excluding hydrogens is 292 g/mol. The lowest BCUT2D eigenvalue weighted by molar-refractivity contribution is 0.105. The normalized spacial score (nSPS) is 17.4. The molecule has 1 heterocycles. The molecule has 0 unspecified atom stereocenters. The van der Waals surface area contributed by atoms with Gasteiger partial charge in [0.2, 0.25) is 0 Å². The highest BCUT2D eigenvalue weighted by Crippen LogP contribution is 2.40. The largest absolute Gasteiger partial charge is 0.382 e. The van der Waals surface area contributed by atoms with Gasteiger partial charge in [0.15, 0.2) is 5.96 Å². The predicted octanol–water partition coefficient (Wildman–Crippen LogP) is 2.72. The van der Waals surface area contributed by atoms with Crippen LogP contribution in [0.3, 0.4) is 0 Å². The van der Waals surface area contributed by atoms with Crippen molar-refractivity contribution in [2.24, 2.45) is 10.4 Å². The maximum atomic E-state index is 5.58. The summed E-state index contributed by atoms with van der Waals surface area (Å²) in [7, 11) is 0. The Balaban J connectivity index is 1.88. The van der Waals surface area contributed by atoms with Crippen LogP contribution in [0.1, 0.15) is 51.6 Å². The van der Waals surface area contributed by atoms with Crippen LogP contribution in [0.4, 0.5) is 0 Å². The summed E-state index contributed by atoms with van der Waals surface area (Å²) in [5, 5.41) is 10.7. The Bertz CT molecular complexity index is 453. The van der Waals surface area contributed by atoms with Gasteiger partial charge in [-0.25, -0.2) is 4.99 Å². The first-order valence-electron chi connectivity index (χ1n) is 8.77. The first kappa shape index (κ1) is 17.8. The molecule has 1 fully saturated rings. The first-order valence-corrected chi connectivity index (χ1v) is 8.77. The lowest BCUT2D eigenvalue weighted by Crippen LogP contribution is -2.43. The number of guanidine groups is 1. The number of nitrogens with zero attached hydrogens (tertiary/aromatic N) is 2. The summed E-state index contributed by atoms with van der Waals surface area (Å²) in [5.41, 5.74) is 1.19. The van der Waals surface area contributed by atoms with Crippen molar-refractivity contribution in [3.8, 4) is 0 Å². The molecule has 1 saturated carbocycles. The van der Waals surface area contributed by atoms with Gasteiger partial charge in [-0.05, 0) is 38.5 Å². The molecule has 0 radical (unpaired) electrons. The Kier molecular flexibility index (Phi) is 7.39. The highest BCUT2D eigenvalue weighted by atomic mass is 16.5. The van der Waals surface area contributed by atoms with E-state index in [1.807, 2.05) is 6.07 Å². The van der Waals surface area contributed by atoms with E-state index in [9.17, 15) is 0 Å². The molecular formula is C17H30N4O2. The number of aromatic nitrogens is 1. The Morgan fingerprint density at radius 2 is 2.17 bits per heavy atom. The van der Waals surface area contributed by atoms with Gasteiger partial charge >= 0.3 is 0 Å². The Morgan fingerprint density at radius 1 is 1.35 bits per heavy atom. The summed E-state index contributed by atoms with van der Waals surface area (Å²) < 4.78 is 10.4. The van der Waals surface area contributed by atoms with Crippen molar-refractivity contribution >= 4 is 5.96 Å². The third-order valence-corrected chi connectivity index (χ3v) is 4.51. The lowest BCUT2D eigenvalue weighted by Gasteiger charge is -2.30. The van der Waals surface area contributed by atoms with Crippen LogP contribution >= 0.6 is 0 Å². The molecule has 1 aromatic heterocycles. The number of ether oxygens (including phenoxy) is 1. The minimum absolute atomic E-state index is 0.346. The molecule has 0 bridgehead atoms. The van der Waals surface area contributed by atoms with Crippen LogP contribution in [0.2, 0.25) is 0 Å². The van der Waals surface area contributed by atoms with Crippen molar-refractivity contribution in [3.05, 3.63) is 18.0 Å². The Morgan fingerprint density at radius 3 is 2.83 bits per heavy atom. The summed E-state index contributed by atoms with van der Waals surface area (Å²) in [6.45, 7) is 8.10. The molecule has 0 aromatic carbocycles. The predicted molar refractivity (Wildman–Crippen MR) is 91.3 cm³/mol. The molecule has 0 saturated heterocycles. The van der Waals surface area contributed by atoms with E-state index in [0.29, 0.717) is 12.0 Å². The smallest absolute Gasteiger partial charge is 0.191 e. The SMILES string of the molecule is CCNC(=NCc1ccon1)NCC1(CCOCC)CCCC1. The van der Waals surface area contributed by atoms with Crippen LogP contribution in [-0.2, 0) is 11.3 Å². The summed E-state index contributed by atoms with van der Waals surface area (Å²) in [4.78, 5) is 4.59. The number of rotatable bonds is 9. The molecule has 130 valence electrons. The van der Waals surface area contributed by atoms with Crippen LogP contribution in [0.5, 0.6) is 0 Å². The molecule has 0 amide bonds. The van der Waals surface area contributed by atoms with E-state index in [4.69, 9.17) is 9.26 Å². The monoisotopic (exact) mass is 322 g/mol. The fourth-order valence-electron chi connectivity index (χ4n) is 3.17. The maximum absolute atomic E-state index is 5.58. The topological polar surface area (TPSA) is 71.7 Å². The minimum atomic E-state index is 0.346. The van der Waals surface area contributed by atoms with Gasteiger partial charge in [0, 0.05) is 32.4 Å². The molecule has 0 aliphatic heterocycles. The summed E-state index contributed by atoms with van der Waals surface area (Å²) in [6, 6.07) is 1.84. The summed E-state index contributed by atoms with van der Waals surface area (Å²) in [5.74, 6) is 0.846. The van der Waals surface area contributed by atoms with Crippen molar-refractivity contribution in [1.29, 1.82) is 0 Å². The zero-order chi connectivity index (χ0) is 16.4. The van der Waals surface area contributed by atoms with Crippen molar-refractivity contribution in [2.45, 2.75) is 52.5 Å². The number of nitrogens with one attached hydrogen (secondary N) is 2. The molecule has 1 aliphatic rings. The van der Waals surface area contributed by atoms with Gasteiger partial charge in [0.1, 0.15) is 12.0 Å². The average Bonchev–Trinajstić information content (AvgIpc) is 3.23. The quantitative estimate of drug-likeness (QED) is 0.415. The highest BCUT2D eigenvalue weighted by Gasteiger charge is 2.33. The fraction of sp³-hybridized carbons (Fsp3) is 0.765. The first-order chi connectivity index (χ1) is 11.3. The van der Waals surface area contributed by atoms with Crippen LogP contribution in [0, 0.1) is 5.41 Å². The zero-order valence-electron chi connectivity index (χ0n) is 14.4. The molecule has 0 spiro atoms. The number of hydrogen-bond donors (Lipinski definition) is 2. The van der Waals surface area contributed by atoms with E-state index in [1.165, 1.54) is 25.7 Å². The molecule has 23 heavy (non-hydrogen) atoms. The van der Waals surface area contributed by atoms with E-state index in [1.54, 1.807) is 6.26 Å². The standard InChI is InChI=1S/C17H30N4O2/c1-3-18-16(19-13-15-7-11-23-21-15)20-14-17(8-5-6-9-17)10-12-22-4-2/h7,11H,3-6,8-10,12-14H2,1-2H3,(H2,18,19,20). The zero-order valence-corrected chi connectivity index (χ0v) is 14.4. The van der Waals surface area contributed by atoms with Crippen molar-refractivity contribution in [1.82, 2.24) is 15.8 Å². The van der Waals surface area contributed by atoms with Crippen LogP contribution < -0.4 is 10.6 Å². The summed E-state index contributed by atoms with van der Waals surface area (Å²) in [6.07, 6.45) is 7.88. The van der Waals surface area contributed by atoms with E-state index in [-0.39, 0.29) is 0 Å². The Hall–Kier alpha value is -1.56. The summed E-state index contributed by atoms with van der Waals surface area (Å²) >= 11 is 0. The minimum Gasteiger partial charge on any atom is -0.382 e. The molecule has 6 nitrogen and oxygen atoms in total.